The van der Waals surface area contributed by atoms with Crippen LogP contribution in [0.3, 0.4) is 0 Å². The number of halogens is 2. The van der Waals surface area contributed by atoms with Crippen LogP contribution in [0.25, 0.3) is 0 Å². The maximum atomic E-state index is 9.14. The molecule has 0 bridgehead atoms. The minimum absolute atomic E-state index is 0.170. The first-order valence-electron chi connectivity index (χ1n) is 5.36. The zero-order valence-corrected chi connectivity index (χ0v) is 10.8. The summed E-state index contributed by atoms with van der Waals surface area (Å²) in [4.78, 5) is 0. The fourth-order valence-corrected chi connectivity index (χ4v) is 1.79. The van der Waals surface area contributed by atoms with Gasteiger partial charge in [-0.05, 0) is 37.5 Å². The van der Waals surface area contributed by atoms with Crippen molar-refractivity contribution in [2.75, 3.05) is 5.88 Å². The summed E-state index contributed by atoms with van der Waals surface area (Å²) >= 11 is 11.5. The molecule has 0 aliphatic rings. The highest BCUT2D eigenvalue weighted by molar-refractivity contribution is 6.27. The van der Waals surface area contributed by atoms with Crippen LogP contribution in [0.2, 0.25) is 0 Å². The van der Waals surface area contributed by atoms with Crippen LogP contribution in [0.5, 0.6) is 5.75 Å². The smallest absolute Gasteiger partial charge is 0.115 e. The number of phenols is 1. The second kappa shape index (κ2) is 7.00. The number of aryl methyl sites for hydroxylation is 1. The summed E-state index contributed by atoms with van der Waals surface area (Å²) in [6.07, 6.45) is 1.95. The zero-order chi connectivity index (χ0) is 12.0. The largest absolute Gasteiger partial charge is 0.508 e. The first-order chi connectivity index (χ1) is 7.61. The molecule has 0 amide bonds. The molecule has 1 aromatic rings. The number of aromatic hydroxyl groups is 1. The Labute approximate surface area is 107 Å². The topological polar surface area (TPSA) is 32.3 Å². The maximum absolute atomic E-state index is 9.14. The van der Waals surface area contributed by atoms with E-state index in [2.05, 4.69) is 12.2 Å². The summed E-state index contributed by atoms with van der Waals surface area (Å²) in [6, 6.07) is 7.60. The molecule has 2 N–H and O–H groups in total. The van der Waals surface area contributed by atoms with Crippen LogP contribution in [-0.2, 0) is 6.42 Å². The molecule has 2 nitrogen and oxygen atoms in total. The summed E-state index contributed by atoms with van der Waals surface area (Å²) in [5.74, 6) is 0.711. The van der Waals surface area contributed by atoms with Gasteiger partial charge in [-0.3, -0.25) is 5.32 Å². The molecule has 0 saturated heterocycles. The van der Waals surface area contributed by atoms with E-state index in [1.165, 1.54) is 5.56 Å². The van der Waals surface area contributed by atoms with E-state index in [1.807, 2.05) is 12.1 Å². The first-order valence-corrected chi connectivity index (χ1v) is 6.33. The van der Waals surface area contributed by atoms with Gasteiger partial charge < -0.3 is 5.11 Å². The van der Waals surface area contributed by atoms with Crippen molar-refractivity contribution in [2.24, 2.45) is 0 Å². The molecule has 2 unspecified atom stereocenters. The summed E-state index contributed by atoms with van der Waals surface area (Å²) in [5, 5.41) is 12.3. The Morgan fingerprint density at radius 3 is 2.50 bits per heavy atom. The van der Waals surface area contributed by atoms with Crippen LogP contribution in [0, 0.1) is 0 Å². The van der Waals surface area contributed by atoms with Gasteiger partial charge in [0.05, 0.1) is 11.4 Å². The van der Waals surface area contributed by atoms with Crippen LogP contribution in [-0.4, -0.2) is 22.5 Å². The van der Waals surface area contributed by atoms with Gasteiger partial charge in [-0.2, -0.15) is 0 Å². The number of alkyl halides is 2. The average molecular weight is 262 g/mol. The molecular weight excluding hydrogens is 245 g/mol. The molecule has 0 fully saturated rings. The number of rotatable bonds is 6. The van der Waals surface area contributed by atoms with Gasteiger partial charge in [-0.25, -0.2) is 0 Å². The fourth-order valence-electron chi connectivity index (χ4n) is 1.48. The van der Waals surface area contributed by atoms with E-state index < -0.39 is 0 Å². The molecule has 90 valence electrons. The molecule has 0 aromatic heterocycles. The van der Waals surface area contributed by atoms with Crippen molar-refractivity contribution in [1.29, 1.82) is 0 Å². The molecule has 2 atom stereocenters. The van der Waals surface area contributed by atoms with E-state index >= 15 is 0 Å². The lowest BCUT2D eigenvalue weighted by molar-refractivity contribution is 0.474. The Morgan fingerprint density at radius 1 is 1.31 bits per heavy atom. The van der Waals surface area contributed by atoms with Crippen molar-refractivity contribution in [3.05, 3.63) is 29.8 Å². The van der Waals surface area contributed by atoms with Crippen LogP contribution < -0.4 is 5.32 Å². The van der Waals surface area contributed by atoms with E-state index in [9.17, 15) is 0 Å². The third kappa shape index (κ3) is 5.06. The summed E-state index contributed by atoms with van der Waals surface area (Å²) < 4.78 is 0. The number of nitrogens with one attached hydrogen (secondary N) is 1. The molecule has 0 heterocycles. The predicted molar refractivity (Wildman–Crippen MR) is 69.4 cm³/mol. The Balaban J connectivity index is 2.31. The SMILES string of the molecule is CC(CCc1ccc(O)cc1)NC(Cl)CCl. The lowest BCUT2D eigenvalue weighted by atomic mass is 10.1. The second-order valence-electron chi connectivity index (χ2n) is 3.89. The van der Waals surface area contributed by atoms with Gasteiger partial charge in [-0.1, -0.05) is 12.1 Å². The van der Waals surface area contributed by atoms with E-state index in [0.717, 1.165) is 12.8 Å². The third-order valence-corrected chi connectivity index (χ3v) is 3.15. The molecule has 0 spiro atoms. The molecular formula is C12H17Cl2NO. The molecule has 16 heavy (non-hydrogen) atoms. The van der Waals surface area contributed by atoms with Crippen LogP contribution in [0.4, 0.5) is 0 Å². The van der Waals surface area contributed by atoms with Crippen molar-refractivity contribution >= 4 is 23.2 Å². The van der Waals surface area contributed by atoms with Crippen LogP contribution in [0.1, 0.15) is 18.9 Å². The van der Waals surface area contributed by atoms with Crippen LogP contribution in [0.15, 0.2) is 24.3 Å². The predicted octanol–water partition coefficient (Wildman–Crippen LogP) is 3.11. The van der Waals surface area contributed by atoms with Gasteiger partial charge in [-0.15, -0.1) is 23.2 Å². The standard InChI is InChI=1S/C12H17Cl2NO/c1-9(15-12(14)8-13)2-3-10-4-6-11(16)7-5-10/h4-7,9,12,15-16H,2-3,8H2,1H3. The van der Waals surface area contributed by atoms with Gasteiger partial charge in [0.2, 0.25) is 0 Å². The van der Waals surface area contributed by atoms with Crippen molar-refractivity contribution in [3.8, 4) is 5.75 Å². The normalized spacial score (nSPS) is 14.7. The van der Waals surface area contributed by atoms with E-state index in [1.54, 1.807) is 12.1 Å². The van der Waals surface area contributed by atoms with Gasteiger partial charge in [0, 0.05) is 6.04 Å². The number of benzene rings is 1. The monoisotopic (exact) mass is 261 g/mol. The molecule has 4 heteroatoms. The van der Waals surface area contributed by atoms with Gasteiger partial charge >= 0.3 is 0 Å². The van der Waals surface area contributed by atoms with Crippen LogP contribution >= 0.6 is 23.2 Å². The quantitative estimate of drug-likeness (QED) is 0.610. The summed E-state index contributed by atoms with van der Waals surface area (Å²) in [6.45, 7) is 2.09. The lowest BCUT2D eigenvalue weighted by Gasteiger charge is -2.16. The van der Waals surface area contributed by atoms with E-state index in [0.29, 0.717) is 17.7 Å². The number of hydrogen-bond donors (Lipinski definition) is 2. The average Bonchev–Trinajstić information content (AvgIpc) is 2.28. The van der Waals surface area contributed by atoms with E-state index in [-0.39, 0.29) is 5.50 Å². The number of phenolic OH excluding ortho intramolecular Hbond substituents is 1. The Hall–Kier alpha value is -0.440. The number of hydrogen-bond acceptors (Lipinski definition) is 2. The Kier molecular flexibility index (Phi) is 5.96. The molecule has 0 saturated carbocycles. The highest BCUT2D eigenvalue weighted by Crippen LogP contribution is 2.12. The molecule has 0 radical (unpaired) electrons. The Morgan fingerprint density at radius 2 is 1.94 bits per heavy atom. The first kappa shape index (κ1) is 13.6. The highest BCUT2D eigenvalue weighted by Gasteiger charge is 2.07. The van der Waals surface area contributed by atoms with Crippen molar-refractivity contribution < 1.29 is 5.11 Å². The highest BCUT2D eigenvalue weighted by atomic mass is 35.5. The van der Waals surface area contributed by atoms with Gasteiger partial charge in [0.15, 0.2) is 0 Å². The lowest BCUT2D eigenvalue weighted by Crippen LogP contribution is -2.34. The molecule has 0 aliphatic carbocycles. The van der Waals surface area contributed by atoms with Gasteiger partial charge in [0.25, 0.3) is 0 Å². The maximum Gasteiger partial charge on any atom is 0.115 e. The minimum Gasteiger partial charge on any atom is -0.508 e. The summed E-state index contributed by atoms with van der Waals surface area (Å²) in [7, 11) is 0. The molecule has 0 aliphatic heterocycles. The van der Waals surface area contributed by atoms with Gasteiger partial charge in [0.1, 0.15) is 5.75 Å². The Bertz CT molecular complexity index is 302. The third-order valence-electron chi connectivity index (χ3n) is 2.40. The van der Waals surface area contributed by atoms with Crippen molar-refractivity contribution in [2.45, 2.75) is 31.3 Å². The fraction of sp³-hybridized carbons (Fsp3) is 0.500. The molecule has 1 rings (SSSR count). The van der Waals surface area contributed by atoms with Crippen molar-refractivity contribution in [3.63, 3.8) is 0 Å². The second-order valence-corrected chi connectivity index (χ2v) is 4.73. The van der Waals surface area contributed by atoms with Crippen molar-refractivity contribution in [1.82, 2.24) is 5.32 Å². The molecule has 1 aromatic carbocycles. The summed E-state index contributed by atoms with van der Waals surface area (Å²) in [5.41, 5.74) is 1.04. The minimum atomic E-state index is -0.170. The zero-order valence-electron chi connectivity index (χ0n) is 9.29. The van der Waals surface area contributed by atoms with E-state index in [4.69, 9.17) is 28.3 Å².